The molecule has 0 bridgehead atoms. The smallest absolute Gasteiger partial charge is 0.169 e. The first-order valence-electron chi connectivity index (χ1n) is 6.86. The molecule has 1 atom stereocenters. The Hall–Kier alpha value is -2.07. The number of ether oxygens (including phenoxy) is 2. The monoisotopic (exact) mass is 289 g/mol. The zero-order valence-corrected chi connectivity index (χ0v) is 12.5. The van der Waals surface area contributed by atoms with Crippen LogP contribution in [0.2, 0.25) is 0 Å². The SMILES string of the molecule is COc1cc(C)ccc1Oc1ccc(CC(C)N)cc1F. The summed E-state index contributed by atoms with van der Waals surface area (Å²) in [4.78, 5) is 0. The van der Waals surface area contributed by atoms with Crippen molar-refractivity contribution >= 4 is 0 Å². The third-order valence-electron chi connectivity index (χ3n) is 3.09. The first-order chi connectivity index (χ1) is 9.99. The molecule has 112 valence electrons. The molecule has 0 saturated carbocycles. The second-order valence-corrected chi connectivity index (χ2v) is 5.20. The summed E-state index contributed by atoms with van der Waals surface area (Å²) in [6.07, 6.45) is 0.630. The van der Waals surface area contributed by atoms with Gasteiger partial charge in [0.15, 0.2) is 23.1 Å². The Morgan fingerprint density at radius 3 is 2.43 bits per heavy atom. The molecule has 0 aliphatic carbocycles. The maximum atomic E-state index is 14.1. The number of methoxy groups -OCH3 is 1. The lowest BCUT2D eigenvalue weighted by molar-refractivity contribution is 0.370. The molecule has 0 amide bonds. The van der Waals surface area contributed by atoms with Crippen LogP contribution in [0, 0.1) is 12.7 Å². The summed E-state index contributed by atoms with van der Waals surface area (Å²) < 4.78 is 25.0. The third kappa shape index (κ3) is 3.95. The lowest BCUT2D eigenvalue weighted by Gasteiger charge is -2.12. The van der Waals surface area contributed by atoms with Gasteiger partial charge in [-0.3, -0.25) is 0 Å². The number of halogens is 1. The summed E-state index contributed by atoms with van der Waals surface area (Å²) in [5, 5.41) is 0. The standard InChI is InChI=1S/C17H20FNO2/c1-11-4-6-16(17(8-11)20-3)21-15-7-5-13(9-12(2)19)10-14(15)18/h4-8,10,12H,9,19H2,1-3H3. The van der Waals surface area contributed by atoms with Crippen LogP contribution in [0.3, 0.4) is 0 Å². The van der Waals surface area contributed by atoms with E-state index in [2.05, 4.69) is 0 Å². The minimum absolute atomic E-state index is 0.00615. The Bertz CT molecular complexity index is 626. The maximum absolute atomic E-state index is 14.1. The molecule has 2 aromatic rings. The molecule has 3 nitrogen and oxygen atoms in total. The van der Waals surface area contributed by atoms with Crippen molar-refractivity contribution in [2.24, 2.45) is 5.73 Å². The van der Waals surface area contributed by atoms with Crippen molar-refractivity contribution in [3.63, 3.8) is 0 Å². The van der Waals surface area contributed by atoms with E-state index in [0.717, 1.165) is 11.1 Å². The van der Waals surface area contributed by atoms with E-state index in [9.17, 15) is 4.39 Å². The molecule has 4 heteroatoms. The summed E-state index contributed by atoms with van der Waals surface area (Å²) in [6.45, 7) is 3.84. The van der Waals surface area contributed by atoms with E-state index in [1.165, 1.54) is 6.07 Å². The Balaban J connectivity index is 2.24. The highest BCUT2D eigenvalue weighted by molar-refractivity contribution is 5.45. The van der Waals surface area contributed by atoms with Gasteiger partial charge in [0.1, 0.15) is 0 Å². The molecule has 2 aromatic carbocycles. The fraction of sp³-hybridized carbons (Fsp3) is 0.294. The van der Waals surface area contributed by atoms with Gasteiger partial charge in [0.05, 0.1) is 7.11 Å². The quantitative estimate of drug-likeness (QED) is 0.910. The van der Waals surface area contributed by atoms with E-state index in [4.69, 9.17) is 15.2 Å². The number of nitrogens with two attached hydrogens (primary N) is 1. The molecule has 2 N–H and O–H groups in total. The fourth-order valence-electron chi connectivity index (χ4n) is 2.10. The lowest BCUT2D eigenvalue weighted by atomic mass is 10.1. The zero-order valence-electron chi connectivity index (χ0n) is 12.5. The number of benzene rings is 2. The Labute approximate surface area is 124 Å². The predicted molar refractivity (Wildman–Crippen MR) is 81.6 cm³/mol. The van der Waals surface area contributed by atoms with Gasteiger partial charge in [-0.15, -0.1) is 0 Å². The van der Waals surface area contributed by atoms with Crippen molar-refractivity contribution in [2.75, 3.05) is 7.11 Å². The fourth-order valence-corrected chi connectivity index (χ4v) is 2.10. The van der Waals surface area contributed by atoms with Gasteiger partial charge in [-0.1, -0.05) is 12.1 Å². The second kappa shape index (κ2) is 6.59. The van der Waals surface area contributed by atoms with Crippen LogP contribution in [-0.2, 0) is 6.42 Å². The molecule has 0 aromatic heterocycles. The zero-order chi connectivity index (χ0) is 15.4. The highest BCUT2D eigenvalue weighted by atomic mass is 19.1. The number of aryl methyl sites for hydroxylation is 1. The van der Waals surface area contributed by atoms with Crippen LogP contribution in [0.4, 0.5) is 4.39 Å². The molecule has 0 fully saturated rings. The van der Waals surface area contributed by atoms with Crippen molar-refractivity contribution in [3.8, 4) is 17.2 Å². The molecule has 0 spiro atoms. The normalized spacial score (nSPS) is 12.0. The van der Waals surface area contributed by atoms with Crippen LogP contribution in [0.5, 0.6) is 17.2 Å². The Morgan fingerprint density at radius 2 is 1.81 bits per heavy atom. The highest BCUT2D eigenvalue weighted by Gasteiger charge is 2.10. The van der Waals surface area contributed by atoms with Gasteiger partial charge in [0, 0.05) is 6.04 Å². The van der Waals surface area contributed by atoms with Crippen molar-refractivity contribution in [3.05, 3.63) is 53.3 Å². The highest BCUT2D eigenvalue weighted by Crippen LogP contribution is 2.33. The van der Waals surface area contributed by atoms with Crippen LogP contribution in [0.1, 0.15) is 18.1 Å². The number of rotatable bonds is 5. The molecule has 1 unspecified atom stereocenters. The van der Waals surface area contributed by atoms with Gasteiger partial charge < -0.3 is 15.2 Å². The predicted octanol–water partition coefficient (Wildman–Crippen LogP) is 3.82. The van der Waals surface area contributed by atoms with Crippen LogP contribution in [0.15, 0.2) is 36.4 Å². The summed E-state index contributed by atoms with van der Waals surface area (Å²) in [5.74, 6) is 0.831. The van der Waals surface area contributed by atoms with Crippen LogP contribution in [-0.4, -0.2) is 13.2 Å². The first-order valence-corrected chi connectivity index (χ1v) is 6.86. The molecular formula is C17H20FNO2. The van der Waals surface area contributed by atoms with Crippen molar-refractivity contribution in [1.29, 1.82) is 0 Å². The molecular weight excluding hydrogens is 269 g/mol. The van der Waals surface area contributed by atoms with Gasteiger partial charge in [-0.2, -0.15) is 0 Å². The third-order valence-corrected chi connectivity index (χ3v) is 3.09. The molecule has 0 radical (unpaired) electrons. The maximum Gasteiger partial charge on any atom is 0.169 e. The summed E-state index contributed by atoms with van der Waals surface area (Å²) in [5.41, 5.74) is 7.62. The van der Waals surface area contributed by atoms with E-state index in [1.54, 1.807) is 19.2 Å². The van der Waals surface area contributed by atoms with E-state index < -0.39 is 5.82 Å². The van der Waals surface area contributed by atoms with Crippen LogP contribution >= 0.6 is 0 Å². The van der Waals surface area contributed by atoms with Crippen molar-refractivity contribution in [1.82, 2.24) is 0 Å². The van der Waals surface area contributed by atoms with Crippen LogP contribution in [0.25, 0.3) is 0 Å². The molecule has 21 heavy (non-hydrogen) atoms. The van der Waals surface area contributed by atoms with Gasteiger partial charge in [0.2, 0.25) is 0 Å². The average Bonchev–Trinajstić information content (AvgIpc) is 2.42. The minimum atomic E-state index is -0.407. The van der Waals surface area contributed by atoms with E-state index in [1.807, 2.05) is 32.0 Å². The molecule has 0 saturated heterocycles. The Morgan fingerprint density at radius 1 is 1.10 bits per heavy atom. The first kappa shape index (κ1) is 15.3. The van der Waals surface area contributed by atoms with Gasteiger partial charge in [-0.05, 0) is 55.7 Å². The van der Waals surface area contributed by atoms with E-state index in [0.29, 0.717) is 17.9 Å². The van der Waals surface area contributed by atoms with E-state index >= 15 is 0 Å². The van der Waals surface area contributed by atoms with Crippen LogP contribution < -0.4 is 15.2 Å². The minimum Gasteiger partial charge on any atom is -0.493 e. The van der Waals surface area contributed by atoms with E-state index in [-0.39, 0.29) is 11.8 Å². The summed E-state index contributed by atoms with van der Waals surface area (Å²) in [7, 11) is 1.56. The number of hydrogen-bond acceptors (Lipinski definition) is 3. The Kier molecular flexibility index (Phi) is 4.81. The molecule has 0 heterocycles. The van der Waals surface area contributed by atoms with Gasteiger partial charge in [0.25, 0.3) is 0 Å². The van der Waals surface area contributed by atoms with Crippen molar-refractivity contribution in [2.45, 2.75) is 26.3 Å². The van der Waals surface area contributed by atoms with Gasteiger partial charge in [-0.25, -0.2) is 4.39 Å². The topological polar surface area (TPSA) is 44.5 Å². The van der Waals surface area contributed by atoms with Crippen molar-refractivity contribution < 1.29 is 13.9 Å². The second-order valence-electron chi connectivity index (χ2n) is 5.20. The molecule has 0 aliphatic heterocycles. The lowest BCUT2D eigenvalue weighted by Crippen LogP contribution is -2.17. The molecule has 0 aliphatic rings. The number of hydrogen-bond donors (Lipinski definition) is 1. The average molecular weight is 289 g/mol. The summed E-state index contributed by atoms with van der Waals surface area (Å²) in [6, 6.07) is 10.4. The summed E-state index contributed by atoms with van der Waals surface area (Å²) >= 11 is 0. The van der Waals surface area contributed by atoms with Gasteiger partial charge >= 0.3 is 0 Å². The molecule has 2 rings (SSSR count). The largest absolute Gasteiger partial charge is 0.493 e.